The summed E-state index contributed by atoms with van der Waals surface area (Å²) in [5, 5.41) is 3.69. The Morgan fingerprint density at radius 1 is 1.26 bits per heavy atom. The Morgan fingerprint density at radius 2 is 1.95 bits per heavy atom. The van der Waals surface area contributed by atoms with Crippen molar-refractivity contribution < 1.29 is 9.47 Å². The van der Waals surface area contributed by atoms with Crippen LogP contribution in [-0.2, 0) is 6.54 Å². The molecular weight excluding hydrogens is 262 g/mol. The molecule has 0 aromatic heterocycles. The molecule has 1 N–H and O–H groups in total. The predicted molar refractivity (Wildman–Crippen MR) is 80.3 cm³/mol. The summed E-state index contributed by atoms with van der Waals surface area (Å²) in [6, 6.07) is 3.86. The molecule has 19 heavy (non-hydrogen) atoms. The highest BCUT2D eigenvalue weighted by atomic mass is 35.5. The molecule has 1 rings (SSSR count). The van der Waals surface area contributed by atoms with Gasteiger partial charge in [0.2, 0.25) is 0 Å². The number of hydrogen-bond acceptors (Lipinski definition) is 3. The summed E-state index contributed by atoms with van der Waals surface area (Å²) < 4.78 is 11.1. The van der Waals surface area contributed by atoms with E-state index in [0.717, 1.165) is 18.5 Å². The first-order valence-corrected chi connectivity index (χ1v) is 6.89. The molecule has 0 fully saturated rings. The van der Waals surface area contributed by atoms with Crippen LogP contribution in [0.15, 0.2) is 12.1 Å². The normalized spacial score (nSPS) is 11.5. The van der Waals surface area contributed by atoms with Crippen molar-refractivity contribution in [3.05, 3.63) is 22.7 Å². The molecule has 0 radical (unpaired) electrons. The van der Waals surface area contributed by atoms with Crippen molar-refractivity contribution in [1.29, 1.82) is 0 Å². The van der Waals surface area contributed by atoms with E-state index >= 15 is 0 Å². The van der Waals surface area contributed by atoms with Crippen molar-refractivity contribution >= 4 is 11.6 Å². The van der Waals surface area contributed by atoms with Crippen LogP contribution >= 0.6 is 11.6 Å². The zero-order valence-corrected chi connectivity index (χ0v) is 13.2. The van der Waals surface area contributed by atoms with Gasteiger partial charge in [0.1, 0.15) is 0 Å². The monoisotopic (exact) mass is 285 g/mol. The molecule has 108 valence electrons. The summed E-state index contributed by atoms with van der Waals surface area (Å²) in [5.74, 6) is 1.32. The maximum absolute atomic E-state index is 6.27. The topological polar surface area (TPSA) is 30.5 Å². The third-order valence-electron chi connectivity index (χ3n) is 2.77. The Hall–Kier alpha value is -0.930. The van der Waals surface area contributed by atoms with Gasteiger partial charge in [-0.25, -0.2) is 0 Å². The van der Waals surface area contributed by atoms with Crippen LogP contribution in [-0.4, -0.2) is 20.8 Å². The molecule has 3 nitrogen and oxygen atoms in total. The zero-order valence-electron chi connectivity index (χ0n) is 12.5. The van der Waals surface area contributed by atoms with Crippen LogP contribution in [0.25, 0.3) is 0 Å². The minimum absolute atomic E-state index is 0.242. The third-order valence-corrected chi connectivity index (χ3v) is 3.05. The van der Waals surface area contributed by atoms with Gasteiger partial charge in [-0.05, 0) is 36.6 Å². The van der Waals surface area contributed by atoms with E-state index in [1.165, 1.54) is 0 Å². The Bertz CT molecular complexity index is 413. The van der Waals surface area contributed by atoms with E-state index in [9.17, 15) is 0 Å². The summed E-state index contributed by atoms with van der Waals surface area (Å²) in [5.41, 5.74) is 1.32. The number of nitrogens with one attached hydrogen (secondary N) is 1. The number of ether oxygens (including phenoxy) is 2. The summed E-state index contributed by atoms with van der Waals surface area (Å²) in [4.78, 5) is 0. The molecule has 0 atom stereocenters. The van der Waals surface area contributed by atoms with E-state index in [2.05, 4.69) is 26.1 Å². The van der Waals surface area contributed by atoms with Crippen LogP contribution in [0.4, 0.5) is 0 Å². The number of rotatable bonds is 6. The van der Waals surface area contributed by atoms with E-state index in [0.29, 0.717) is 23.1 Å². The first-order valence-electron chi connectivity index (χ1n) is 6.51. The average Bonchev–Trinajstić information content (AvgIpc) is 2.30. The van der Waals surface area contributed by atoms with Gasteiger partial charge in [0, 0.05) is 6.54 Å². The fraction of sp³-hybridized carbons (Fsp3) is 0.600. The van der Waals surface area contributed by atoms with Gasteiger partial charge in [-0.1, -0.05) is 32.4 Å². The number of hydrogen-bond donors (Lipinski definition) is 1. The largest absolute Gasteiger partial charge is 0.493 e. The highest BCUT2D eigenvalue weighted by molar-refractivity contribution is 6.32. The van der Waals surface area contributed by atoms with Gasteiger partial charge in [0.05, 0.1) is 18.7 Å². The van der Waals surface area contributed by atoms with Crippen molar-refractivity contribution in [2.75, 3.05) is 20.8 Å². The molecule has 0 aliphatic carbocycles. The van der Waals surface area contributed by atoms with Crippen LogP contribution < -0.4 is 14.8 Å². The lowest BCUT2D eigenvalue weighted by Crippen LogP contribution is -2.12. The Labute approximate surface area is 121 Å². The molecule has 0 amide bonds. The fourth-order valence-electron chi connectivity index (χ4n) is 1.68. The Morgan fingerprint density at radius 3 is 2.47 bits per heavy atom. The molecule has 0 aliphatic rings. The van der Waals surface area contributed by atoms with E-state index in [1.807, 2.05) is 19.2 Å². The molecule has 0 saturated carbocycles. The van der Waals surface area contributed by atoms with Gasteiger partial charge in [0.25, 0.3) is 0 Å². The summed E-state index contributed by atoms with van der Waals surface area (Å²) in [6.07, 6.45) is 0.963. The van der Waals surface area contributed by atoms with Crippen molar-refractivity contribution in [1.82, 2.24) is 5.32 Å². The van der Waals surface area contributed by atoms with Crippen LogP contribution in [0, 0.1) is 5.41 Å². The molecule has 0 unspecified atom stereocenters. The first-order chi connectivity index (χ1) is 8.87. The van der Waals surface area contributed by atoms with Crippen molar-refractivity contribution in [2.24, 2.45) is 5.41 Å². The second kappa shape index (κ2) is 7.01. The maximum atomic E-state index is 6.27. The second-order valence-electron chi connectivity index (χ2n) is 5.80. The summed E-state index contributed by atoms with van der Waals surface area (Å²) >= 11 is 6.27. The zero-order chi connectivity index (χ0) is 14.5. The van der Waals surface area contributed by atoms with E-state index in [-0.39, 0.29) is 5.41 Å². The molecule has 0 heterocycles. The van der Waals surface area contributed by atoms with Gasteiger partial charge in [0.15, 0.2) is 11.5 Å². The quantitative estimate of drug-likeness (QED) is 0.860. The number of methoxy groups -OCH3 is 1. The van der Waals surface area contributed by atoms with E-state index in [4.69, 9.17) is 21.1 Å². The molecule has 1 aromatic rings. The number of halogens is 1. The maximum Gasteiger partial charge on any atom is 0.179 e. The van der Waals surface area contributed by atoms with Crippen molar-refractivity contribution in [3.63, 3.8) is 0 Å². The molecule has 1 aromatic carbocycles. The molecule has 0 spiro atoms. The van der Waals surface area contributed by atoms with Gasteiger partial charge >= 0.3 is 0 Å². The van der Waals surface area contributed by atoms with Crippen molar-refractivity contribution in [2.45, 2.75) is 33.7 Å². The average molecular weight is 286 g/mol. The highest BCUT2D eigenvalue weighted by Gasteiger charge is 2.14. The van der Waals surface area contributed by atoms with E-state index < -0.39 is 0 Å². The fourth-order valence-corrected chi connectivity index (χ4v) is 1.97. The van der Waals surface area contributed by atoms with Gasteiger partial charge in [-0.3, -0.25) is 0 Å². The molecule has 0 saturated heterocycles. The SMILES string of the molecule is CNCc1cc(Cl)c(OCCC(C)(C)C)c(OC)c1. The van der Waals surface area contributed by atoms with Crippen LogP contribution in [0.5, 0.6) is 11.5 Å². The molecule has 4 heteroatoms. The lowest BCUT2D eigenvalue weighted by atomic mass is 9.93. The van der Waals surface area contributed by atoms with Gasteiger partial charge in [-0.2, -0.15) is 0 Å². The molecular formula is C15H24ClNO2. The van der Waals surface area contributed by atoms with Crippen LogP contribution in [0.2, 0.25) is 5.02 Å². The Balaban J connectivity index is 2.82. The van der Waals surface area contributed by atoms with Crippen LogP contribution in [0.1, 0.15) is 32.8 Å². The van der Waals surface area contributed by atoms with Gasteiger partial charge in [-0.15, -0.1) is 0 Å². The van der Waals surface area contributed by atoms with Gasteiger partial charge < -0.3 is 14.8 Å². The lowest BCUT2D eigenvalue weighted by molar-refractivity contribution is 0.234. The van der Waals surface area contributed by atoms with Crippen molar-refractivity contribution in [3.8, 4) is 11.5 Å². The summed E-state index contributed by atoms with van der Waals surface area (Å²) in [6.45, 7) is 7.94. The smallest absolute Gasteiger partial charge is 0.179 e. The molecule has 0 bridgehead atoms. The first kappa shape index (κ1) is 16.1. The van der Waals surface area contributed by atoms with Crippen LogP contribution in [0.3, 0.4) is 0 Å². The second-order valence-corrected chi connectivity index (χ2v) is 6.21. The predicted octanol–water partition coefficient (Wildman–Crippen LogP) is 3.88. The Kier molecular flexibility index (Phi) is 5.95. The van der Waals surface area contributed by atoms with E-state index in [1.54, 1.807) is 7.11 Å². The molecule has 0 aliphatic heterocycles. The minimum Gasteiger partial charge on any atom is -0.493 e. The standard InChI is InChI=1S/C15H24ClNO2/c1-15(2,3)6-7-19-14-12(16)8-11(10-17-4)9-13(14)18-5/h8-9,17H,6-7,10H2,1-5H3. The highest BCUT2D eigenvalue weighted by Crippen LogP contribution is 2.37. The summed E-state index contributed by atoms with van der Waals surface area (Å²) in [7, 11) is 3.53. The lowest BCUT2D eigenvalue weighted by Gasteiger charge is -2.19. The minimum atomic E-state index is 0.242. The number of benzene rings is 1. The third kappa shape index (κ3) is 5.29.